The van der Waals surface area contributed by atoms with Crippen LogP contribution in [-0.2, 0) is 10.2 Å². The third-order valence-electron chi connectivity index (χ3n) is 2.37. The lowest BCUT2D eigenvalue weighted by atomic mass is 9.95. The van der Waals surface area contributed by atoms with Gasteiger partial charge in [-0.25, -0.2) is 4.79 Å². The van der Waals surface area contributed by atoms with Crippen molar-refractivity contribution in [1.82, 2.24) is 5.32 Å². The second-order valence-electron chi connectivity index (χ2n) is 5.19. The third kappa shape index (κ3) is 4.55. The number of thiophene rings is 1. The van der Waals surface area contributed by atoms with Gasteiger partial charge in [-0.1, -0.05) is 20.8 Å². The van der Waals surface area contributed by atoms with Crippen LogP contribution in [0.1, 0.15) is 42.2 Å². The first-order valence-electron chi connectivity index (χ1n) is 5.96. The monoisotopic (exact) mass is 285 g/mol. The van der Waals surface area contributed by atoms with E-state index in [0.717, 1.165) is 4.88 Å². The highest BCUT2D eigenvalue weighted by Crippen LogP contribution is 2.36. The summed E-state index contributed by atoms with van der Waals surface area (Å²) in [5.74, 6) is -0.759. The van der Waals surface area contributed by atoms with Crippen LogP contribution >= 0.6 is 11.3 Å². The Morgan fingerprint density at radius 1 is 1.42 bits per heavy atom. The number of carbonyl (C=O) groups is 2. The fourth-order valence-electron chi connectivity index (χ4n) is 1.39. The van der Waals surface area contributed by atoms with Crippen LogP contribution in [0.3, 0.4) is 0 Å². The summed E-state index contributed by atoms with van der Waals surface area (Å²) in [6.07, 6.45) is 0. The number of nitrogens with one attached hydrogen (secondary N) is 1. The Kier molecular flexibility index (Phi) is 4.94. The van der Waals surface area contributed by atoms with Crippen molar-refractivity contribution in [2.24, 2.45) is 0 Å². The Bertz CT molecular complexity index is 473. The number of hydrogen-bond donors (Lipinski definition) is 2. The molecule has 0 bridgehead atoms. The smallest absolute Gasteiger partial charge is 0.349 e. The van der Waals surface area contributed by atoms with Gasteiger partial charge < -0.3 is 15.2 Å². The van der Waals surface area contributed by atoms with E-state index in [2.05, 4.69) is 5.32 Å². The average Bonchev–Trinajstić information content (AvgIpc) is 2.67. The Labute approximate surface area is 116 Å². The standard InChI is InChI=1S/C13H19NO4S/c1-8(15)14-5-6-18-9-7-10(13(2,3)4)19-11(9)12(16)17/h7H,5-6H2,1-4H3,(H,14,15)(H,16,17). The minimum atomic E-state index is -0.991. The number of amides is 1. The first-order valence-corrected chi connectivity index (χ1v) is 6.78. The maximum absolute atomic E-state index is 11.2. The van der Waals surface area contributed by atoms with Crippen molar-refractivity contribution in [1.29, 1.82) is 0 Å². The zero-order valence-corrected chi connectivity index (χ0v) is 12.4. The molecule has 106 valence electrons. The number of aromatic carboxylic acids is 1. The van der Waals surface area contributed by atoms with E-state index in [4.69, 9.17) is 9.84 Å². The molecule has 0 aromatic carbocycles. The zero-order valence-electron chi connectivity index (χ0n) is 11.6. The first kappa shape index (κ1) is 15.5. The normalized spacial score (nSPS) is 11.2. The molecule has 6 heteroatoms. The molecule has 5 nitrogen and oxygen atoms in total. The summed E-state index contributed by atoms with van der Waals surface area (Å²) in [6, 6.07) is 1.77. The highest BCUT2D eigenvalue weighted by Gasteiger charge is 2.23. The van der Waals surface area contributed by atoms with Gasteiger partial charge in [-0.3, -0.25) is 4.79 Å². The highest BCUT2D eigenvalue weighted by atomic mass is 32.1. The predicted molar refractivity (Wildman–Crippen MR) is 74.2 cm³/mol. The molecule has 1 amide bonds. The molecule has 0 unspecified atom stereocenters. The van der Waals surface area contributed by atoms with E-state index < -0.39 is 5.97 Å². The quantitative estimate of drug-likeness (QED) is 0.814. The van der Waals surface area contributed by atoms with Crippen molar-refractivity contribution >= 4 is 23.2 Å². The average molecular weight is 285 g/mol. The molecule has 0 spiro atoms. The van der Waals surface area contributed by atoms with Crippen LogP contribution in [0.25, 0.3) is 0 Å². The van der Waals surface area contributed by atoms with Gasteiger partial charge in [-0.15, -0.1) is 11.3 Å². The topological polar surface area (TPSA) is 75.6 Å². The summed E-state index contributed by atoms with van der Waals surface area (Å²) in [6.45, 7) is 8.09. The van der Waals surface area contributed by atoms with Crippen molar-refractivity contribution in [2.75, 3.05) is 13.2 Å². The van der Waals surface area contributed by atoms with Crippen molar-refractivity contribution < 1.29 is 19.4 Å². The van der Waals surface area contributed by atoms with Crippen molar-refractivity contribution in [2.45, 2.75) is 33.1 Å². The molecule has 0 fully saturated rings. The minimum absolute atomic E-state index is 0.117. The van der Waals surface area contributed by atoms with Crippen LogP contribution in [-0.4, -0.2) is 30.1 Å². The summed E-state index contributed by atoms with van der Waals surface area (Å²) in [5, 5.41) is 11.7. The summed E-state index contributed by atoms with van der Waals surface area (Å²) >= 11 is 1.23. The molecule has 19 heavy (non-hydrogen) atoms. The molecule has 2 N–H and O–H groups in total. The number of ether oxygens (including phenoxy) is 1. The number of carboxylic acids is 1. The second-order valence-corrected chi connectivity index (χ2v) is 6.24. The molecule has 1 aromatic heterocycles. The summed E-state index contributed by atoms with van der Waals surface area (Å²) < 4.78 is 5.44. The van der Waals surface area contributed by atoms with Gasteiger partial charge in [-0.05, 0) is 11.5 Å². The van der Waals surface area contributed by atoms with Gasteiger partial charge in [0.1, 0.15) is 12.4 Å². The Hall–Kier alpha value is -1.56. The van der Waals surface area contributed by atoms with E-state index >= 15 is 0 Å². The lowest BCUT2D eigenvalue weighted by molar-refractivity contribution is -0.119. The SMILES string of the molecule is CC(=O)NCCOc1cc(C(C)(C)C)sc1C(=O)O. The summed E-state index contributed by atoms with van der Waals surface area (Å²) in [5.41, 5.74) is -0.117. The van der Waals surface area contributed by atoms with E-state index in [-0.39, 0.29) is 22.8 Å². The van der Waals surface area contributed by atoms with Crippen LogP contribution in [0.4, 0.5) is 0 Å². The highest BCUT2D eigenvalue weighted by molar-refractivity contribution is 7.14. The van der Waals surface area contributed by atoms with Crippen LogP contribution < -0.4 is 10.1 Å². The largest absolute Gasteiger partial charge is 0.490 e. The number of carboxylic acid groups (broad SMARTS) is 1. The fourth-order valence-corrected chi connectivity index (χ4v) is 2.39. The van der Waals surface area contributed by atoms with E-state index in [1.165, 1.54) is 18.3 Å². The maximum Gasteiger partial charge on any atom is 0.349 e. The molecule has 0 aliphatic carbocycles. The molecule has 0 saturated carbocycles. The lowest BCUT2D eigenvalue weighted by Gasteiger charge is -2.14. The van der Waals surface area contributed by atoms with Crippen molar-refractivity contribution in [3.63, 3.8) is 0 Å². The van der Waals surface area contributed by atoms with Gasteiger partial charge in [0, 0.05) is 11.8 Å². The molecule has 1 rings (SSSR count). The minimum Gasteiger partial charge on any atom is -0.490 e. The van der Waals surface area contributed by atoms with E-state index in [9.17, 15) is 9.59 Å². The number of carbonyl (C=O) groups excluding carboxylic acids is 1. The van der Waals surface area contributed by atoms with Gasteiger partial charge >= 0.3 is 5.97 Å². The van der Waals surface area contributed by atoms with Crippen LogP contribution in [0.15, 0.2) is 6.07 Å². The first-order chi connectivity index (χ1) is 8.71. The number of rotatable bonds is 5. The molecule has 1 heterocycles. The fraction of sp³-hybridized carbons (Fsp3) is 0.538. The van der Waals surface area contributed by atoms with Gasteiger partial charge in [0.25, 0.3) is 0 Å². The summed E-state index contributed by atoms with van der Waals surface area (Å²) in [7, 11) is 0. The van der Waals surface area contributed by atoms with E-state index in [1.807, 2.05) is 20.8 Å². The van der Waals surface area contributed by atoms with Gasteiger partial charge in [0.05, 0.1) is 6.54 Å². The zero-order chi connectivity index (χ0) is 14.6. The predicted octanol–water partition coefficient (Wildman–Crippen LogP) is 2.26. The van der Waals surface area contributed by atoms with Crippen molar-refractivity contribution in [3.8, 4) is 5.75 Å². The van der Waals surface area contributed by atoms with Crippen molar-refractivity contribution in [3.05, 3.63) is 15.8 Å². The van der Waals surface area contributed by atoms with E-state index in [1.54, 1.807) is 6.07 Å². The maximum atomic E-state index is 11.2. The summed E-state index contributed by atoms with van der Waals surface area (Å²) in [4.78, 5) is 23.0. The molecule has 0 radical (unpaired) electrons. The van der Waals surface area contributed by atoms with Gasteiger partial charge in [-0.2, -0.15) is 0 Å². The van der Waals surface area contributed by atoms with Gasteiger partial charge in [0.2, 0.25) is 5.91 Å². The van der Waals surface area contributed by atoms with Crippen LogP contribution in [0, 0.1) is 0 Å². The third-order valence-corrected chi connectivity index (χ3v) is 3.90. The number of hydrogen-bond acceptors (Lipinski definition) is 4. The van der Waals surface area contributed by atoms with Gasteiger partial charge in [0.15, 0.2) is 4.88 Å². The second kappa shape index (κ2) is 6.06. The van der Waals surface area contributed by atoms with Crippen LogP contribution in [0.2, 0.25) is 0 Å². The molecule has 1 aromatic rings. The molecule has 0 atom stereocenters. The van der Waals surface area contributed by atoms with Crippen LogP contribution in [0.5, 0.6) is 5.75 Å². The van der Waals surface area contributed by atoms with E-state index in [0.29, 0.717) is 12.3 Å². The molecule has 0 saturated heterocycles. The Morgan fingerprint density at radius 3 is 2.53 bits per heavy atom. The molecule has 0 aliphatic rings. The Balaban J connectivity index is 2.78. The molecular weight excluding hydrogens is 266 g/mol. The Morgan fingerprint density at radius 2 is 2.05 bits per heavy atom. The lowest BCUT2D eigenvalue weighted by Crippen LogP contribution is -2.25. The molecular formula is C13H19NO4S. The molecule has 0 aliphatic heterocycles.